The van der Waals surface area contributed by atoms with E-state index in [0.717, 1.165) is 0 Å². The van der Waals surface area contributed by atoms with E-state index in [1.807, 2.05) is 0 Å². The average Bonchev–Trinajstić information content (AvgIpc) is 1.65. The molecule has 0 aliphatic carbocycles. The third-order valence-electron chi connectivity index (χ3n) is 0.375. The van der Waals surface area contributed by atoms with Crippen molar-refractivity contribution >= 4 is 49.0 Å². The highest BCUT2D eigenvalue weighted by molar-refractivity contribution is 9.43. The summed E-state index contributed by atoms with van der Waals surface area (Å²) in [6.07, 6.45) is 0. The molecule has 0 saturated heterocycles. The lowest BCUT2D eigenvalue weighted by Crippen LogP contribution is -1.42. The van der Waals surface area contributed by atoms with Crippen molar-refractivity contribution in [3.05, 3.63) is 0 Å². The Bertz CT molecular complexity index is 189. The Hall–Kier alpha value is 1.20. The molecule has 3 nitrogen and oxygen atoms in total. The third kappa shape index (κ3) is 2.21. The van der Waals surface area contributed by atoms with Gasteiger partial charge in [-0.1, -0.05) is 0 Å². The van der Waals surface area contributed by atoms with Crippen LogP contribution in [-0.2, 0) is 0 Å². The Morgan fingerprint density at radius 2 is 2.25 bits per heavy atom. The molecule has 0 spiro atoms. The van der Waals surface area contributed by atoms with Crippen LogP contribution in [0.25, 0.3) is 0 Å². The van der Waals surface area contributed by atoms with Crippen LogP contribution in [0.3, 0.4) is 0 Å². The minimum absolute atomic E-state index is 0.692. The molecule has 1 unspecified atom stereocenters. The second-order valence-corrected chi connectivity index (χ2v) is 9.93. The number of rotatable bonds is 0. The van der Waals surface area contributed by atoms with Crippen molar-refractivity contribution in [2.24, 2.45) is 13.5 Å². The van der Waals surface area contributed by atoms with Gasteiger partial charge in [0.2, 0.25) is 5.26 Å². The molecule has 0 bridgehead atoms. The number of halogens is 2. The van der Waals surface area contributed by atoms with Gasteiger partial charge in [0.1, 0.15) is 0 Å². The molecule has 0 fully saturated rings. The molecular formula is BrClN3P3. The predicted molar refractivity (Wildman–Crippen MR) is 42.8 cm³/mol. The molecule has 8 heavy (non-hydrogen) atoms. The average molecular weight is 250 g/mol. The molecule has 0 aromatic carbocycles. The van der Waals surface area contributed by atoms with Gasteiger partial charge >= 0.3 is 0 Å². The van der Waals surface area contributed by atoms with Crippen molar-refractivity contribution in [2.45, 2.75) is 0 Å². The first-order valence-electron chi connectivity index (χ1n) is 1.54. The molecule has 0 aromatic heterocycles. The molecule has 1 aliphatic heterocycles. The Morgan fingerprint density at radius 3 is 2.50 bits per heavy atom. The van der Waals surface area contributed by atoms with E-state index < -0.39 is 5.26 Å². The molecule has 0 saturated carbocycles. The van der Waals surface area contributed by atoms with Crippen LogP contribution in [0.5, 0.6) is 0 Å². The van der Waals surface area contributed by atoms with Crippen LogP contribution in [-0.4, -0.2) is 0 Å². The zero-order valence-electron chi connectivity index (χ0n) is 3.44. The van der Waals surface area contributed by atoms with Crippen molar-refractivity contribution in [1.82, 2.24) is 0 Å². The quantitative estimate of drug-likeness (QED) is 0.560. The minimum Gasteiger partial charge on any atom is -0.179 e. The molecule has 1 rings (SSSR count). The Labute approximate surface area is 62.7 Å². The van der Waals surface area contributed by atoms with Gasteiger partial charge in [0, 0.05) is 15.5 Å². The second kappa shape index (κ2) is 2.86. The van der Waals surface area contributed by atoms with Crippen molar-refractivity contribution in [3.63, 3.8) is 0 Å². The van der Waals surface area contributed by atoms with Gasteiger partial charge in [0.25, 0.3) is 0 Å². The molecule has 1 heterocycles. The standard InChI is InChI=1S/BrClN3P3/c1-8(2)4-6-3-7-5-8. The zero-order valence-corrected chi connectivity index (χ0v) is 8.46. The van der Waals surface area contributed by atoms with Crippen LogP contribution < -0.4 is 0 Å². The van der Waals surface area contributed by atoms with Crippen LogP contribution in [0.15, 0.2) is 13.5 Å². The molecule has 8 heteroatoms. The smallest absolute Gasteiger partial charge is 0.179 e. The van der Waals surface area contributed by atoms with E-state index in [4.69, 9.17) is 11.2 Å². The summed E-state index contributed by atoms with van der Waals surface area (Å²) >= 11 is 8.85. The van der Waals surface area contributed by atoms with E-state index in [1.165, 1.54) is 0 Å². The predicted octanol–water partition coefficient (Wildman–Crippen LogP) is 4.67. The topological polar surface area (TPSA) is 37.1 Å². The van der Waals surface area contributed by atoms with E-state index in [2.05, 4.69) is 29.0 Å². The molecule has 0 N–H and O–H groups in total. The number of hydrogen-bond donors (Lipinski definition) is 0. The lowest BCUT2D eigenvalue weighted by atomic mass is 13.8. The van der Waals surface area contributed by atoms with Gasteiger partial charge in [0.15, 0.2) is 17.0 Å². The van der Waals surface area contributed by atoms with Crippen LogP contribution in [0.2, 0.25) is 0 Å². The maximum Gasteiger partial charge on any atom is 0.238 e. The first-order valence-corrected chi connectivity index (χ1v) is 7.76. The maximum absolute atomic E-state index is 5.69. The monoisotopic (exact) mass is 249 g/mol. The maximum atomic E-state index is 5.69. The lowest BCUT2D eigenvalue weighted by Gasteiger charge is -1.97. The summed E-state index contributed by atoms with van der Waals surface area (Å²) in [5.74, 6) is 0. The van der Waals surface area contributed by atoms with Crippen LogP contribution in [0, 0.1) is 0 Å². The molecular weight excluding hydrogens is 250 g/mol. The van der Waals surface area contributed by atoms with Crippen LogP contribution >= 0.6 is 49.0 Å². The normalized spacial score (nSPS) is 38.8. The summed E-state index contributed by atoms with van der Waals surface area (Å²) in [6, 6.07) is 0. The highest BCUT2D eigenvalue weighted by Crippen LogP contribution is 2.68. The highest BCUT2D eigenvalue weighted by Gasteiger charge is 2.08. The van der Waals surface area contributed by atoms with Gasteiger partial charge in [-0.2, -0.15) is 13.5 Å². The Morgan fingerprint density at radius 1 is 1.50 bits per heavy atom. The van der Waals surface area contributed by atoms with Crippen LogP contribution in [0.4, 0.5) is 0 Å². The summed E-state index contributed by atoms with van der Waals surface area (Å²) in [5, 5.41) is -1.92. The molecule has 44 valence electrons. The molecule has 1 atom stereocenters. The van der Waals surface area contributed by atoms with Gasteiger partial charge < -0.3 is 0 Å². The van der Waals surface area contributed by atoms with E-state index in [0.29, 0.717) is 17.0 Å². The fourth-order valence-corrected chi connectivity index (χ4v) is 4.16. The largest absolute Gasteiger partial charge is 0.238 e. The van der Waals surface area contributed by atoms with E-state index in [1.54, 1.807) is 0 Å². The van der Waals surface area contributed by atoms with E-state index in [-0.39, 0.29) is 0 Å². The number of hydrogen-bond acceptors (Lipinski definition) is 3. The summed E-state index contributed by atoms with van der Waals surface area (Å²) in [4.78, 5) is 0. The first kappa shape index (κ1) is 7.31. The van der Waals surface area contributed by atoms with Crippen molar-refractivity contribution in [3.8, 4) is 0 Å². The molecule has 0 aromatic rings. The summed E-state index contributed by atoms with van der Waals surface area (Å²) < 4.78 is 11.6. The van der Waals surface area contributed by atoms with Gasteiger partial charge in [-0.3, -0.25) is 0 Å². The highest BCUT2D eigenvalue weighted by atomic mass is 79.9. The van der Waals surface area contributed by atoms with Crippen molar-refractivity contribution in [2.75, 3.05) is 0 Å². The summed E-state index contributed by atoms with van der Waals surface area (Å²) in [5.41, 5.74) is 0. The third-order valence-corrected chi connectivity index (χ3v) is 7.15. The van der Waals surface area contributed by atoms with E-state index in [9.17, 15) is 0 Å². The second-order valence-electron chi connectivity index (χ2n) is 0.903. The SMILES string of the molecule is ClP1(Br)=NP=NP=N1. The van der Waals surface area contributed by atoms with E-state index >= 15 is 0 Å². The Kier molecular flexibility index (Phi) is 2.61. The van der Waals surface area contributed by atoms with Crippen molar-refractivity contribution in [1.29, 1.82) is 0 Å². The molecule has 0 amide bonds. The lowest BCUT2D eigenvalue weighted by molar-refractivity contribution is 1.84. The summed E-state index contributed by atoms with van der Waals surface area (Å²) in [6.45, 7) is 0. The Balaban J connectivity index is 3.00. The van der Waals surface area contributed by atoms with Gasteiger partial charge in [-0.15, -0.1) is 0 Å². The minimum atomic E-state index is -1.92. The van der Waals surface area contributed by atoms with Crippen LogP contribution in [0.1, 0.15) is 0 Å². The van der Waals surface area contributed by atoms with Gasteiger partial charge in [-0.25, -0.2) is 0 Å². The van der Waals surface area contributed by atoms with Gasteiger partial charge in [0.05, 0.1) is 0 Å². The molecule has 0 radical (unpaired) electrons. The number of nitrogens with zero attached hydrogens (tertiary/aromatic N) is 3. The fraction of sp³-hybridized carbons (Fsp3) is 0. The van der Waals surface area contributed by atoms with Crippen molar-refractivity contribution < 1.29 is 0 Å². The molecule has 1 aliphatic rings. The zero-order chi connectivity index (χ0) is 6.04. The summed E-state index contributed by atoms with van der Waals surface area (Å²) in [7, 11) is 1.38. The van der Waals surface area contributed by atoms with Gasteiger partial charge in [-0.05, 0) is 11.2 Å². The fourth-order valence-electron chi connectivity index (χ4n) is 0.168. The first-order chi connectivity index (χ1) is 3.71.